The highest BCUT2D eigenvalue weighted by atomic mass is 16.5. The van der Waals surface area contributed by atoms with Crippen LogP contribution in [0.3, 0.4) is 0 Å². The molecule has 0 N–H and O–H groups in total. The van der Waals surface area contributed by atoms with Gasteiger partial charge in [-0.1, -0.05) is 30.3 Å². The Balaban J connectivity index is 1.90. The van der Waals surface area contributed by atoms with Crippen LogP contribution in [0.5, 0.6) is 0 Å². The van der Waals surface area contributed by atoms with Crippen molar-refractivity contribution in [3.05, 3.63) is 60.4 Å². The maximum absolute atomic E-state index is 11.4. The van der Waals surface area contributed by atoms with E-state index in [9.17, 15) is 4.79 Å². The van der Waals surface area contributed by atoms with Gasteiger partial charge in [0.2, 0.25) is 0 Å². The van der Waals surface area contributed by atoms with Crippen molar-refractivity contribution < 1.29 is 9.53 Å². The second-order valence-electron chi connectivity index (χ2n) is 4.67. The van der Waals surface area contributed by atoms with Crippen LogP contribution in [0.2, 0.25) is 0 Å². The van der Waals surface area contributed by atoms with Crippen LogP contribution in [-0.2, 0) is 16.0 Å². The number of carbonyl (C=O) groups is 1. The summed E-state index contributed by atoms with van der Waals surface area (Å²) in [5, 5.41) is 0. The highest BCUT2D eigenvalue weighted by Gasteiger charge is 2.43. The van der Waals surface area contributed by atoms with Crippen molar-refractivity contribution in [1.82, 2.24) is 0 Å². The van der Waals surface area contributed by atoms with E-state index in [4.69, 9.17) is 4.74 Å². The first kappa shape index (κ1) is 10.3. The van der Waals surface area contributed by atoms with E-state index < -0.39 is 0 Å². The Morgan fingerprint density at radius 1 is 1.29 bits per heavy atom. The molecule has 1 aromatic rings. The molecule has 0 saturated carbocycles. The van der Waals surface area contributed by atoms with Crippen molar-refractivity contribution >= 4 is 5.78 Å². The molecule has 1 aliphatic carbocycles. The molecular weight excluding hydrogens is 212 g/mol. The van der Waals surface area contributed by atoms with Crippen molar-refractivity contribution in [2.45, 2.75) is 18.4 Å². The molecule has 1 heterocycles. The molecule has 17 heavy (non-hydrogen) atoms. The van der Waals surface area contributed by atoms with Gasteiger partial charge in [-0.2, -0.15) is 0 Å². The van der Waals surface area contributed by atoms with E-state index in [1.165, 1.54) is 5.56 Å². The Morgan fingerprint density at radius 2 is 2.12 bits per heavy atom. The van der Waals surface area contributed by atoms with Crippen molar-refractivity contribution in [3.8, 4) is 0 Å². The van der Waals surface area contributed by atoms with Gasteiger partial charge in [0, 0.05) is 18.8 Å². The van der Waals surface area contributed by atoms with Gasteiger partial charge < -0.3 is 4.74 Å². The zero-order chi connectivity index (χ0) is 11.7. The first-order chi connectivity index (χ1) is 8.28. The molecule has 0 aromatic heterocycles. The average molecular weight is 226 g/mol. The summed E-state index contributed by atoms with van der Waals surface area (Å²) in [6, 6.07) is 10.3. The number of carbonyl (C=O) groups excluding carboxylic acids is 1. The molecule has 2 aliphatic rings. The number of hydrogen-bond acceptors (Lipinski definition) is 2. The third-order valence-electron chi connectivity index (χ3n) is 3.52. The summed E-state index contributed by atoms with van der Waals surface area (Å²) in [4.78, 5) is 11.4. The van der Waals surface area contributed by atoms with E-state index in [1.54, 1.807) is 12.3 Å². The normalized spacial score (nSPS) is 30.1. The third kappa shape index (κ3) is 1.80. The van der Waals surface area contributed by atoms with Crippen molar-refractivity contribution in [2.24, 2.45) is 5.92 Å². The largest absolute Gasteiger partial charge is 0.490 e. The van der Waals surface area contributed by atoms with Crippen LogP contribution in [0.4, 0.5) is 0 Å². The number of benzene rings is 1. The lowest BCUT2D eigenvalue weighted by Crippen LogP contribution is -2.39. The molecule has 0 spiro atoms. The van der Waals surface area contributed by atoms with Gasteiger partial charge in [-0.3, -0.25) is 4.79 Å². The van der Waals surface area contributed by atoms with Crippen LogP contribution in [0.15, 0.2) is 54.8 Å². The van der Waals surface area contributed by atoms with E-state index >= 15 is 0 Å². The Labute approximate surface area is 101 Å². The number of fused-ring (bicyclic) bond motifs is 1. The SMILES string of the molecule is O=C1C=CC2(Cc3ccccc3)OC=CC2C1. The number of hydrogen-bond donors (Lipinski definition) is 0. The lowest BCUT2D eigenvalue weighted by atomic mass is 9.77. The van der Waals surface area contributed by atoms with Gasteiger partial charge in [0.05, 0.1) is 6.26 Å². The zero-order valence-electron chi connectivity index (χ0n) is 9.50. The predicted molar refractivity (Wildman–Crippen MR) is 65.4 cm³/mol. The number of ketones is 1. The van der Waals surface area contributed by atoms with Crippen LogP contribution >= 0.6 is 0 Å². The van der Waals surface area contributed by atoms with Crippen molar-refractivity contribution in [1.29, 1.82) is 0 Å². The van der Waals surface area contributed by atoms with Gasteiger partial charge >= 0.3 is 0 Å². The molecule has 0 amide bonds. The highest BCUT2D eigenvalue weighted by molar-refractivity contribution is 5.91. The van der Waals surface area contributed by atoms with E-state index in [2.05, 4.69) is 12.1 Å². The van der Waals surface area contributed by atoms with Crippen LogP contribution in [-0.4, -0.2) is 11.4 Å². The molecule has 2 nitrogen and oxygen atoms in total. The quantitative estimate of drug-likeness (QED) is 0.775. The molecule has 1 aliphatic heterocycles. The molecule has 2 heteroatoms. The van der Waals surface area contributed by atoms with Crippen LogP contribution in [0.25, 0.3) is 0 Å². The molecule has 0 bridgehead atoms. The monoisotopic (exact) mass is 226 g/mol. The summed E-state index contributed by atoms with van der Waals surface area (Å²) in [6.07, 6.45) is 8.69. The van der Waals surface area contributed by atoms with Gasteiger partial charge in [-0.15, -0.1) is 0 Å². The van der Waals surface area contributed by atoms with E-state index in [1.807, 2.05) is 30.4 Å². The zero-order valence-corrected chi connectivity index (χ0v) is 9.50. The summed E-state index contributed by atoms with van der Waals surface area (Å²) in [7, 11) is 0. The predicted octanol–water partition coefficient (Wildman–Crippen LogP) is 2.66. The fraction of sp³-hybridized carbons (Fsp3) is 0.267. The first-order valence-corrected chi connectivity index (χ1v) is 5.89. The second kappa shape index (κ2) is 3.88. The molecule has 0 saturated heterocycles. The van der Waals surface area contributed by atoms with E-state index in [-0.39, 0.29) is 17.3 Å². The van der Waals surface area contributed by atoms with Crippen LogP contribution in [0, 0.1) is 5.92 Å². The Hall–Kier alpha value is -1.83. The average Bonchev–Trinajstić information content (AvgIpc) is 2.73. The van der Waals surface area contributed by atoms with Crippen LogP contribution in [0.1, 0.15) is 12.0 Å². The van der Waals surface area contributed by atoms with Gasteiger partial charge in [-0.05, 0) is 23.8 Å². The molecule has 0 fully saturated rings. The van der Waals surface area contributed by atoms with Gasteiger partial charge in [-0.25, -0.2) is 0 Å². The standard InChI is InChI=1S/C15H14O2/c16-14-6-8-15(13(10-14)7-9-17-15)11-12-4-2-1-3-5-12/h1-9,13H,10-11H2. The smallest absolute Gasteiger partial charge is 0.156 e. The topological polar surface area (TPSA) is 26.3 Å². The molecule has 2 unspecified atom stereocenters. The summed E-state index contributed by atoms with van der Waals surface area (Å²) >= 11 is 0. The molecule has 1 aromatic carbocycles. The summed E-state index contributed by atoms with van der Waals surface area (Å²) in [5.74, 6) is 0.369. The fourth-order valence-electron chi connectivity index (χ4n) is 2.58. The lowest BCUT2D eigenvalue weighted by molar-refractivity contribution is -0.117. The summed E-state index contributed by atoms with van der Waals surface area (Å²) in [6.45, 7) is 0. The maximum atomic E-state index is 11.4. The maximum Gasteiger partial charge on any atom is 0.156 e. The molecule has 0 radical (unpaired) electrons. The van der Waals surface area contributed by atoms with E-state index in [0.717, 1.165) is 6.42 Å². The molecule has 3 rings (SSSR count). The van der Waals surface area contributed by atoms with Crippen molar-refractivity contribution in [3.63, 3.8) is 0 Å². The second-order valence-corrected chi connectivity index (χ2v) is 4.67. The minimum Gasteiger partial charge on any atom is -0.490 e. The summed E-state index contributed by atoms with van der Waals surface area (Å²) < 4.78 is 5.78. The van der Waals surface area contributed by atoms with Gasteiger partial charge in [0.1, 0.15) is 5.60 Å². The highest BCUT2D eigenvalue weighted by Crippen LogP contribution is 2.39. The lowest BCUT2D eigenvalue weighted by Gasteiger charge is -2.34. The number of allylic oxidation sites excluding steroid dienone is 1. The summed E-state index contributed by atoms with van der Waals surface area (Å²) in [5.41, 5.74) is 0.898. The fourth-order valence-corrected chi connectivity index (χ4v) is 2.58. The Kier molecular flexibility index (Phi) is 2.36. The van der Waals surface area contributed by atoms with Gasteiger partial charge in [0.25, 0.3) is 0 Å². The Bertz CT molecular complexity index is 487. The Morgan fingerprint density at radius 3 is 2.94 bits per heavy atom. The molecule has 2 atom stereocenters. The first-order valence-electron chi connectivity index (χ1n) is 5.89. The molecule has 86 valence electrons. The minimum atomic E-state index is -0.338. The third-order valence-corrected chi connectivity index (χ3v) is 3.52. The van der Waals surface area contributed by atoms with E-state index in [0.29, 0.717) is 6.42 Å². The van der Waals surface area contributed by atoms with Crippen molar-refractivity contribution in [2.75, 3.05) is 0 Å². The minimum absolute atomic E-state index is 0.181. The molecular formula is C15H14O2. The van der Waals surface area contributed by atoms with Gasteiger partial charge in [0.15, 0.2) is 5.78 Å². The van der Waals surface area contributed by atoms with Crippen LogP contribution < -0.4 is 0 Å². The number of rotatable bonds is 2. The number of ether oxygens (including phenoxy) is 1.